The van der Waals surface area contributed by atoms with Crippen LogP contribution in [0.4, 0.5) is 0 Å². The van der Waals surface area contributed by atoms with E-state index < -0.39 is 28.9 Å². The summed E-state index contributed by atoms with van der Waals surface area (Å²) >= 11 is 0. The molecule has 34 heavy (non-hydrogen) atoms. The zero-order valence-corrected chi connectivity index (χ0v) is 19.7. The fourth-order valence-corrected chi connectivity index (χ4v) is 7.71. The predicted octanol–water partition coefficient (Wildman–Crippen LogP) is 4.29. The van der Waals surface area contributed by atoms with Crippen molar-refractivity contribution in [3.8, 4) is 12.3 Å². The van der Waals surface area contributed by atoms with Gasteiger partial charge in [0.2, 0.25) is 11.9 Å². The van der Waals surface area contributed by atoms with Crippen LogP contribution < -0.4 is 0 Å². The maximum absolute atomic E-state index is 13.0. The van der Waals surface area contributed by atoms with E-state index in [1.807, 2.05) is 6.08 Å². The van der Waals surface area contributed by atoms with Crippen molar-refractivity contribution in [2.24, 2.45) is 29.1 Å². The molecule has 0 spiro atoms. The van der Waals surface area contributed by atoms with Crippen LogP contribution in [0, 0.1) is 41.4 Å². The Kier molecular flexibility index (Phi) is 5.76. The molecule has 0 bridgehead atoms. The fraction of sp³-hybridized carbons (Fsp3) is 0.552. The number of ketones is 2. The van der Waals surface area contributed by atoms with Crippen molar-refractivity contribution in [2.75, 3.05) is 0 Å². The first kappa shape index (κ1) is 23.1. The first-order valence-corrected chi connectivity index (χ1v) is 12.5. The molecule has 1 unspecified atom stereocenters. The average Bonchev–Trinajstić information content (AvgIpc) is 3.15. The first-order chi connectivity index (χ1) is 16.3. The third kappa shape index (κ3) is 3.46. The molecule has 0 radical (unpaired) electrons. The van der Waals surface area contributed by atoms with Crippen LogP contribution in [0.1, 0.15) is 68.6 Å². The van der Waals surface area contributed by atoms with Gasteiger partial charge >= 0.3 is 5.97 Å². The number of ether oxygens (including phenoxy) is 1. The number of allylic oxidation sites excluding steroid dienone is 1. The lowest BCUT2D eigenvalue weighted by Crippen LogP contribution is -2.54. The number of esters is 1. The van der Waals surface area contributed by atoms with Gasteiger partial charge in [-0.15, -0.1) is 6.42 Å². The quantitative estimate of drug-likeness (QED) is 0.314. The van der Waals surface area contributed by atoms with E-state index in [2.05, 4.69) is 12.8 Å². The summed E-state index contributed by atoms with van der Waals surface area (Å²) in [5, 5.41) is 10.5. The van der Waals surface area contributed by atoms with Crippen molar-refractivity contribution < 1.29 is 24.2 Å². The van der Waals surface area contributed by atoms with E-state index in [0.29, 0.717) is 36.5 Å². The van der Waals surface area contributed by atoms with Crippen LogP contribution in [-0.4, -0.2) is 34.3 Å². The standard InChI is InChI=1S/C29H32O5/c1-3-29(34-27(33)26(32)25(31)18-7-5-4-6-8-18)16-14-24-23-11-9-19-17-20(30)10-12-21(19)22(23)13-15-28(24,29)2/h1,4-8,17,21-24,26,32H,9-16H2,2H3/t21-,22+,23+,24-,26?,28-,29-/m0/s1. The van der Waals surface area contributed by atoms with Crippen LogP contribution in [0.2, 0.25) is 0 Å². The fourth-order valence-electron chi connectivity index (χ4n) is 7.71. The Labute approximate surface area is 201 Å². The Morgan fingerprint density at radius 2 is 1.85 bits per heavy atom. The number of aliphatic hydroxyl groups is 1. The third-order valence-electron chi connectivity index (χ3n) is 9.46. The van der Waals surface area contributed by atoms with Crippen LogP contribution in [0.25, 0.3) is 0 Å². The highest BCUT2D eigenvalue weighted by atomic mass is 16.6. The van der Waals surface area contributed by atoms with Crippen molar-refractivity contribution in [1.29, 1.82) is 0 Å². The zero-order chi connectivity index (χ0) is 24.1. The van der Waals surface area contributed by atoms with E-state index in [4.69, 9.17) is 11.2 Å². The van der Waals surface area contributed by atoms with Crippen molar-refractivity contribution in [2.45, 2.75) is 70.0 Å². The van der Waals surface area contributed by atoms with Crippen molar-refractivity contribution in [1.82, 2.24) is 0 Å². The Hall–Kier alpha value is -2.71. The summed E-state index contributed by atoms with van der Waals surface area (Å²) in [5.41, 5.74) is 0.0573. The molecule has 7 atom stereocenters. The van der Waals surface area contributed by atoms with Gasteiger partial charge in [0.05, 0.1) is 0 Å². The van der Waals surface area contributed by atoms with Crippen molar-refractivity contribution in [3.63, 3.8) is 0 Å². The van der Waals surface area contributed by atoms with Gasteiger partial charge in [-0.1, -0.05) is 48.7 Å². The molecular weight excluding hydrogens is 428 g/mol. The Morgan fingerprint density at radius 1 is 1.09 bits per heavy atom. The lowest BCUT2D eigenvalue weighted by atomic mass is 9.50. The first-order valence-electron chi connectivity index (χ1n) is 12.5. The molecule has 5 rings (SSSR count). The van der Waals surface area contributed by atoms with E-state index in [9.17, 15) is 19.5 Å². The Bertz CT molecular complexity index is 1080. The predicted molar refractivity (Wildman–Crippen MR) is 127 cm³/mol. The van der Waals surface area contributed by atoms with Gasteiger partial charge in [0.15, 0.2) is 11.4 Å². The summed E-state index contributed by atoms with van der Waals surface area (Å²) < 4.78 is 5.92. The normalized spacial score (nSPS) is 37.3. The van der Waals surface area contributed by atoms with Gasteiger partial charge in [0.1, 0.15) is 0 Å². The number of benzene rings is 1. The molecule has 0 saturated heterocycles. The van der Waals surface area contributed by atoms with Gasteiger partial charge in [-0.05, 0) is 74.7 Å². The minimum Gasteiger partial charge on any atom is -0.443 e. The molecule has 0 heterocycles. The highest BCUT2D eigenvalue weighted by Gasteiger charge is 2.64. The maximum Gasteiger partial charge on any atom is 0.344 e. The molecule has 1 aromatic carbocycles. The summed E-state index contributed by atoms with van der Waals surface area (Å²) in [5.74, 6) is 3.26. The van der Waals surface area contributed by atoms with Gasteiger partial charge in [-0.3, -0.25) is 9.59 Å². The molecule has 0 amide bonds. The molecular formula is C29H32O5. The number of Topliss-reactive ketones (excluding diaryl/α,β-unsaturated/α-hetero) is 1. The van der Waals surface area contributed by atoms with Crippen LogP contribution in [0.3, 0.4) is 0 Å². The molecule has 0 aliphatic heterocycles. The van der Waals surface area contributed by atoms with E-state index in [0.717, 1.165) is 38.5 Å². The Balaban J connectivity index is 1.36. The minimum absolute atomic E-state index is 0.257. The highest BCUT2D eigenvalue weighted by Crippen LogP contribution is 2.65. The molecule has 178 valence electrons. The van der Waals surface area contributed by atoms with Gasteiger partial charge in [-0.25, -0.2) is 4.79 Å². The number of aliphatic hydroxyl groups excluding tert-OH is 1. The molecule has 1 N–H and O–H groups in total. The largest absolute Gasteiger partial charge is 0.443 e. The molecule has 5 heteroatoms. The summed E-state index contributed by atoms with van der Waals surface area (Å²) in [6.07, 6.45) is 12.8. The van der Waals surface area contributed by atoms with E-state index in [1.54, 1.807) is 30.3 Å². The van der Waals surface area contributed by atoms with Gasteiger partial charge < -0.3 is 9.84 Å². The third-order valence-corrected chi connectivity index (χ3v) is 9.46. The number of fused-ring (bicyclic) bond motifs is 5. The van der Waals surface area contributed by atoms with Crippen molar-refractivity contribution in [3.05, 3.63) is 47.5 Å². The van der Waals surface area contributed by atoms with Crippen LogP contribution in [-0.2, 0) is 14.3 Å². The summed E-state index contributed by atoms with van der Waals surface area (Å²) in [6, 6.07) is 8.26. The number of carbonyl (C=O) groups is 3. The summed E-state index contributed by atoms with van der Waals surface area (Å²) in [4.78, 5) is 37.5. The molecule has 0 aromatic heterocycles. The van der Waals surface area contributed by atoms with Crippen molar-refractivity contribution >= 4 is 17.5 Å². The number of terminal acetylenes is 1. The van der Waals surface area contributed by atoms with E-state index in [1.165, 1.54) is 5.57 Å². The zero-order valence-electron chi connectivity index (χ0n) is 19.7. The van der Waals surface area contributed by atoms with Gasteiger partial charge in [0.25, 0.3) is 0 Å². The molecule has 3 fully saturated rings. The lowest BCUT2D eigenvalue weighted by molar-refractivity contribution is -0.177. The molecule has 1 aromatic rings. The maximum atomic E-state index is 13.0. The Morgan fingerprint density at radius 3 is 2.59 bits per heavy atom. The summed E-state index contributed by atoms with van der Waals surface area (Å²) in [7, 11) is 0. The number of hydrogen-bond donors (Lipinski definition) is 1. The summed E-state index contributed by atoms with van der Waals surface area (Å²) in [6.45, 7) is 2.13. The van der Waals surface area contributed by atoms with E-state index >= 15 is 0 Å². The highest BCUT2D eigenvalue weighted by molar-refractivity contribution is 6.11. The smallest absolute Gasteiger partial charge is 0.344 e. The average molecular weight is 461 g/mol. The molecule has 4 aliphatic carbocycles. The number of carbonyl (C=O) groups excluding carboxylic acids is 3. The van der Waals surface area contributed by atoms with Crippen LogP contribution in [0.5, 0.6) is 0 Å². The van der Waals surface area contributed by atoms with Crippen LogP contribution in [0.15, 0.2) is 42.0 Å². The van der Waals surface area contributed by atoms with Crippen LogP contribution >= 0.6 is 0 Å². The van der Waals surface area contributed by atoms with Gasteiger partial charge in [-0.2, -0.15) is 0 Å². The second kappa shape index (κ2) is 8.50. The second-order valence-corrected chi connectivity index (χ2v) is 10.8. The molecule has 4 aliphatic rings. The number of hydrogen-bond acceptors (Lipinski definition) is 5. The second-order valence-electron chi connectivity index (χ2n) is 10.8. The van der Waals surface area contributed by atoms with Gasteiger partial charge in [0, 0.05) is 17.4 Å². The van der Waals surface area contributed by atoms with E-state index in [-0.39, 0.29) is 11.3 Å². The molecule has 5 nitrogen and oxygen atoms in total. The topological polar surface area (TPSA) is 80.7 Å². The lowest BCUT2D eigenvalue weighted by Gasteiger charge is -2.55. The molecule has 3 saturated carbocycles. The SMILES string of the molecule is C#C[C@]1(OC(=O)C(O)C(=O)c2ccccc2)CC[C@H]2[C@@H]3CCC4=CC(=O)CC[C@@H]4[C@H]3CC[C@@]21C. The monoisotopic (exact) mass is 460 g/mol. The number of rotatable bonds is 4. The minimum atomic E-state index is -1.89.